The van der Waals surface area contributed by atoms with Crippen LogP contribution in [0.2, 0.25) is 0 Å². The molecule has 0 saturated carbocycles. The van der Waals surface area contributed by atoms with E-state index in [0.717, 1.165) is 16.8 Å². The van der Waals surface area contributed by atoms with E-state index in [1.165, 1.54) is 7.11 Å². The first-order valence-electron chi connectivity index (χ1n) is 9.79. The maximum Gasteiger partial charge on any atom is 0.335 e. The van der Waals surface area contributed by atoms with Gasteiger partial charge in [-0.15, -0.1) is 0 Å². The molecule has 0 saturated heterocycles. The van der Waals surface area contributed by atoms with Gasteiger partial charge < -0.3 is 14.4 Å². The Balaban J connectivity index is 2.23. The van der Waals surface area contributed by atoms with E-state index in [2.05, 4.69) is 12.6 Å². The maximum atomic E-state index is 12.6. The second-order valence-electron chi connectivity index (χ2n) is 6.88. The summed E-state index contributed by atoms with van der Waals surface area (Å²) in [5, 5.41) is 10.2. The van der Waals surface area contributed by atoms with E-state index in [1.54, 1.807) is 7.11 Å². The van der Waals surface area contributed by atoms with Gasteiger partial charge in [-0.1, -0.05) is 67.2 Å². The van der Waals surface area contributed by atoms with Gasteiger partial charge in [-0.25, -0.2) is 4.79 Å². The third kappa shape index (κ3) is 4.76. The first kappa shape index (κ1) is 21.7. The number of anilines is 1. The van der Waals surface area contributed by atoms with Crippen LogP contribution in [0.5, 0.6) is 5.75 Å². The highest BCUT2D eigenvalue weighted by Gasteiger charge is 2.34. The zero-order valence-electron chi connectivity index (χ0n) is 17.6. The minimum atomic E-state index is -0.679. The molecule has 31 heavy (non-hydrogen) atoms. The third-order valence-corrected chi connectivity index (χ3v) is 5.06. The molecule has 2 atom stereocenters. The van der Waals surface area contributed by atoms with Crippen molar-refractivity contribution in [2.24, 2.45) is 0 Å². The number of hydrogen-bond acceptors (Lipinski definition) is 5. The highest BCUT2D eigenvalue weighted by atomic mass is 16.5. The Labute approximate surface area is 182 Å². The van der Waals surface area contributed by atoms with Crippen molar-refractivity contribution in [3.05, 3.63) is 108 Å². The van der Waals surface area contributed by atoms with Crippen LogP contribution >= 0.6 is 0 Å². The third-order valence-electron chi connectivity index (χ3n) is 5.06. The van der Waals surface area contributed by atoms with E-state index < -0.39 is 18.1 Å². The van der Waals surface area contributed by atoms with E-state index in [4.69, 9.17) is 9.47 Å². The molecule has 0 radical (unpaired) electrons. The molecule has 0 amide bonds. The summed E-state index contributed by atoms with van der Waals surface area (Å²) < 4.78 is 10.3. The number of carbonyl (C=O) groups is 1. The number of rotatable bonds is 8. The number of ether oxygens (including phenoxy) is 2. The van der Waals surface area contributed by atoms with Crippen LogP contribution in [0.4, 0.5) is 5.69 Å². The van der Waals surface area contributed by atoms with E-state index in [-0.39, 0.29) is 5.57 Å². The lowest BCUT2D eigenvalue weighted by atomic mass is 9.93. The van der Waals surface area contributed by atoms with Gasteiger partial charge >= 0.3 is 5.97 Å². The lowest BCUT2D eigenvalue weighted by Gasteiger charge is -2.38. The first-order valence-corrected chi connectivity index (χ1v) is 9.79. The lowest BCUT2D eigenvalue weighted by Crippen LogP contribution is -2.35. The van der Waals surface area contributed by atoms with Crippen molar-refractivity contribution in [3.8, 4) is 11.8 Å². The number of benzene rings is 3. The molecule has 0 aliphatic rings. The Morgan fingerprint density at radius 1 is 0.903 bits per heavy atom. The molecule has 3 aromatic carbocycles. The molecule has 0 fully saturated rings. The Kier molecular flexibility index (Phi) is 7.08. The summed E-state index contributed by atoms with van der Waals surface area (Å²) in [6, 6.07) is 27.5. The fourth-order valence-corrected chi connectivity index (χ4v) is 3.54. The molecule has 0 spiro atoms. The van der Waals surface area contributed by atoms with Crippen LogP contribution in [0.1, 0.15) is 23.2 Å². The Hall–Kier alpha value is -4.04. The molecule has 0 heterocycles. The molecule has 0 aliphatic carbocycles. The molecular formula is C26H24N2O3. The molecule has 5 heteroatoms. The summed E-state index contributed by atoms with van der Waals surface area (Å²) in [4.78, 5) is 14.5. The first-order chi connectivity index (χ1) is 15.1. The van der Waals surface area contributed by atoms with Crippen LogP contribution < -0.4 is 9.64 Å². The lowest BCUT2D eigenvalue weighted by molar-refractivity contribution is -0.136. The summed E-state index contributed by atoms with van der Waals surface area (Å²) in [5.41, 5.74) is 2.61. The van der Waals surface area contributed by atoms with Gasteiger partial charge in [-0.3, -0.25) is 0 Å². The van der Waals surface area contributed by atoms with Crippen LogP contribution in [0.25, 0.3) is 0 Å². The fourth-order valence-electron chi connectivity index (χ4n) is 3.54. The van der Waals surface area contributed by atoms with Crippen molar-refractivity contribution in [1.82, 2.24) is 0 Å². The molecule has 0 aromatic heterocycles. The predicted molar refractivity (Wildman–Crippen MR) is 121 cm³/mol. The number of methoxy groups -OCH3 is 2. The van der Waals surface area contributed by atoms with E-state index in [1.807, 2.05) is 89.8 Å². The zero-order chi connectivity index (χ0) is 22.2. The minimum absolute atomic E-state index is 0.237. The normalized spacial score (nSPS) is 12.2. The summed E-state index contributed by atoms with van der Waals surface area (Å²) in [6.45, 7) is 4.04. The van der Waals surface area contributed by atoms with Crippen molar-refractivity contribution in [1.29, 1.82) is 5.26 Å². The number of nitrogens with zero attached hydrogens (tertiary/aromatic N) is 2. The van der Waals surface area contributed by atoms with E-state index in [0.29, 0.717) is 5.75 Å². The van der Waals surface area contributed by atoms with Gasteiger partial charge in [-0.05, 0) is 35.4 Å². The largest absolute Gasteiger partial charge is 0.497 e. The van der Waals surface area contributed by atoms with Gasteiger partial charge in [0, 0.05) is 5.69 Å². The Bertz CT molecular complexity index is 1060. The van der Waals surface area contributed by atoms with Crippen LogP contribution in [0.15, 0.2) is 97.1 Å². The van der Waals surface area contributed by atoms with Crippen molar-refractivity contribution >= 4 is 11.7 Å². The van der Waals surface area contributed by atoms with Gasteiger partial charge in [0.15, 0.2) is 0 Å². The summed E-state index contributed by atoms with van der Waals surface area (Å²) in [5.74, 6) is 0.164. The number of carbonyl (C=O) groups excluding carboxylic acids is 1. The van der Waals surface area contributed by atoms with Crippen LogP contribution in [-0.4, -0.2) is 20.2 Å². The molecule has 0 N–H and O–H groups in total. The topological polar surface area (TPSA) is 62.6 Å². The standard InChI is InChI=1S/C26H24N2O3/c1-19(26(29)31-3)25(21-12-8-5-9-13-21)28(22-14-16-23(30-2)17-15-22)24(18-27)20-10-6-4-7-11-20/h4-17,24-25H,1H2,2-3H3. The molecule has 3 aromatic rings. The second-order valence-corrected chi connectivity index (χ2v) is 6.88. The molecule has 3 rings (SSSR count). The van der Waals surface area contributed by atoms with Crippen LogP contribution in [-0.2, 0) is 9.53 Å². The fraction of sp³-hybridized carbons (Fsp3) is 0.154. The van der Waals surface area contributed by atoms with Gasteiger partial charge in [0.2, 0.25) is 0 Å². The average Bonchev–Trinajstić information content (AvgIpc) is 2.84. The Morgan fingerprint density at radius 2 is 1.45 bits per heavy atom. The van der Waals surface area contributed by atoms with Crippen molar-refractivity contribution in [3.63, 3.8) is 0 Å². The molecule has 0 aliphatic heterocycles. The summed E-state index contributed by atoms with van der Waals surface area (Å²) >= 11 is 0. The molecule has 0 bridgehead atoms. The molecule has 5 nitrogen and oxygen atoms in total. The molecule has 156 valence electrons. The van der Waals surface area contributed by atoms with Crippen molar-refractivity contribution in [2.45, 2.75) is 12.1 Å². The molecule has 2 unspecified atom stereocenters. The van der Waals surface area contributed by atoms with E-state index >= 15 is 0 Å². The van der Waals surface area contributed by atoms with Gasteiger partial charge in [0.05, 0.1) is 31.9 Å². The van der Waals surface area contributed by atoms with Gasteiger partial charge in [0.25, 0.3) is 0 Å². The van der Waals surface area contributed by atoms with Crippen LogP contribution in [0.3, 0.4) is 0 Å². The highest BCUT2D eigenvalue weighted by Crippen LogP contribution is 2.40. The van der Waals surface area contributed by atoms with Crippen molar-refractivity contribution < 1.29 is 14.3 Å². The van der Waals surface area contributed by atoms with Gasteiger partial charge in [-0.2, -0.15) is 5.26 Å². The van der Waals surface area contributed by atoms with Gasteiger partial charge in [0.1, 0.15) is 11.8 Å². The Morgan fingerprint density at radius 3 is 1.94 bits per heavy atom. The quantitative estimate of drug-likeness (QED) is 0.374. The SMILES string of the molecule is C=C(C(=O)OC)C(c1ccccc1)N(c1ccc(OC)cc1)C(C#N)c1ccccc1. The number of esters is 1. The smallest absolute Gasteiger partial charge is 0.335 e. The summed E-state index contributed by atoms with van der Waals surface area (Å²) in [6.07, 6.45) is 0. The minimum Gasteiger partial charge on any atom is -0.497 e. The summed E-state index contributed by atoms with van der Waals surface area (Å²) in [7, 11) is 2.92. The predicted octanol–water partition coefficient (Wildman–Crippen LogP) is 5.24. The second kappa shape index (κ2) is 10.1. The maximum absolute atomic E-state index is 12.6. The van der Waals surface area contributed by atoms with E-state index in [9.17, 15) is 10.1 Å². The number of hydrogen-bond donors (Lipinski definition) is 0. The monoisotopic (exact) mass is 412 g/mol. The average molecular weight is 412 g/mol. The molecular weight excluding hydrogens is 388 g/mol. The van der Waals surface area contributed by atoms with Crippen LogP contribution in [0, 0.1) is 11.3 Å². The van der Waals surface area contributed by atoms with Crippen molar-refractivity contribution in [2.75, 3.05) is 19.1 Å². The number of nitriles is 1. The highest BCUT2D eigenvalue weighted by molar-refractivity contribution is 5.90. The zero-order valence-corrected chi connectivity index (χ0v) is 17.6.